The number of likely N-dealkylation sites (tertiary alicyclic amines) is 1. The van der Waals surface area contributed by atoms with Crippen LogP contribution in [-0.2, 0) is 9.59 Å². The highest BCUT2D eigenvalue weighted by molar-refractivity contribution is 6.01. The standard InChI is InChI=1S/C22H22N2O3/c1-14-7-9-17(10-8-14)23-22(26)21(24-12-11-20(24)25)18-13-16-5-3-4-6-19(16)27-15(18)2/h3-10,13,15,21H,11-12H2,1-2H3,(H,23,26)/t15-,21+/m1/s1. The Morgan fingerprint density at radius 1 is 1.19 bits per heavy atom. The Morgan fingerprint density at radius 2 is 1.93 bits per heavy atom. The van der Waals surface area contributed by atoms with Crippen molar-refractivity contribution in [3.05, 3.63) is 65.2 Å². The van der Waals surface area contributed by atoms with Crippen LogP contribution < -0.4 is 10.1 Å². The summed E-state index contributed by atoms with van der Waals surface area (Å²) in [7, 11) is 0. The number of carbonyl (C=O) groups excluding carboxylic acids is 2. The van der Waals surface area contributed by atoms with Crippen molar-refractivity contribution >= 4 is 23.6 Å². The van der Waals surface area contributed by atoms with Crippen LogP contribution in [0.4, 0.5) is 5.69 Å². The van der Waals surface area contributed by atoms with E-state index < -0.39 is 6.04 Å². The quantitative estimate of drug-likeness (QED) is 0.848. The minimum Gasteiger partial charge on any atom is -0.486 e. The molecule has 0 bridgehead atoms. The van der Waals surface area contributed by atoms with Crippen molar-refractivity contribution in [1.82, 2.24) is 4.90 Å². The summed E-state index contributed by atoms with van der Waals surface area (Å²) in [6, 6.07) is 14.7. The smallest absolute Gasteiger partial charge is 0.251 e. The van der Waals surface area contributed by atoms with Crippen molar-refractivity contribution in [1.29, 1.82) is 0 Å². The first-order chi connectivity index (χ1) is 13.0. The first-order valence-corrected chi connectivity index (χ1v) is 9.17. The second kappa shape index (κ2) is 6.91. The first kappa shape index (κ1) is 17.3. The number of aryl methyl sites for hydroxylation is 1. The number of hydrogen-bond donors (Lipinski definition) is 1. The van der Waals surface area contributed by atoms with Crippen molar-refractivity contribution in [2.45, 2.75) is 32.4 Å². The van der Waals surface area contributed by atoms with Crippen LogP contribution in [0.25, 0.3) is 6.08 Å². The summed E-state index contributed by atoms with van der Waals surface area (Å²) in [4.78, 5) is 26.9. The molecule has 2 heterocycles. The average molecular weight is 362 g/mol. The molecule has 1 N–H and O–H groups in total. The lowest BCUT2D eigenvalue weighted by atomic mass is 9.92. The molecule has 1 saturated heterocycles. The zero-order valence-corrected chi connectivity index (χ0v) is 15.4. The maximum Gasteiger partial charge on any atom is 0.251 e. The number of nitrogens with one attached hydrogen (secondary N) is 1. The summed E-state index contributed by atoms with van der Waals surface area (Å²) in [6.07, 6.45) is 2.17. The number of hydrogen-bond acceptors (Lipinski definition) is 3. The van der Waals surface area contributed by atoms with E-state index in [1.54, 1.807) is 4.90 Å². The zero-order valence-electron chi connectivity index (χ0n) is 15.4. The summed E-state index contributed by atoms with van der Waals surface area (Å²) in [5.41, 5.74) is 3.56. The van der Waals surface area contributed by atoms with Crippen LogP contribution in [-0.4, -0.2) is 35.4 Å². The fraction of sp³-hybridized carbons (Fsp3) is 0.273. The second-order valence-electron chi connectivity index (χ2n) is 7.04. The summed E-state index contributed by atoms with van der Waals surface area (Å²) < 4.78 is 6.01. The van der Waals surface area contributed by atoms with Crippen LogP contribution in [0.5, 0.6) is 5.75 Å². The number of rotatable bonds is 4. The molecular weight excluding hydrogens is 340 g/mol. The Labute approximate surface area is 158 Å². The number of fused-ring (bicyclic) bond motifs is 1. The van der Waals surface area contributed by atoms with E-state index in [1.807, 2.05) is 68.5 Å². The molecule has 138 valence electrons. The van der Waals surface area contributed by atoms with Crippen LogP contribution in [0.3, 0.4) is 0 Å². The molecule has 0 saturated carbocycles. The number of β-lactam (4-membered cyclic amide) rings is 1. The van der Waals surface area contributed by atoms with Gasteiger partial charge in [-0.2, -0.15) is 0 Å². The van der Waals surface area contributed by atoms with Gasteiger partial charge in [0.05, 0.1) is 0 Å². The molecule has 2 aliphatic heterocycles. The molecule has 2 atom stereocenters. The third-order valence-electron chi connectivity index (χ3n) is 5.10. The van der Waals surface area contributed by atoms with Gasteiger partial charge in [-0.15, -0.1) is 0 Å². The Morgan fingerprint density at radius 3 is 2.59 bits per heavy atom. The molecule has 0 unspecified atom stereocenters. The van der Waals surface area contributed by atoms with E-state index in [0.29, 0.717) is 18.7 Å². The minimum atomic E-state index is -0.670. The summed E-state index contributed by atoms with van der Waals surface area (Å²) >= 11 is 0. The molecule has 2 aromatic rings. The van der Waals surface area contributed by atoms with Gasteiger partial charge in [-0.3, -0.25) is 9.59 Å². The topological polar surface area (TPSA) is 58.6 Å². The van der Waals surface area contributed by atoms with Crippen molar-refractivity contribution in [3.63, 3.8) is 0 Å². The average Bonchev–Trinajstić information content (AvgIpc) is 2.66. The zero-order chi connectivity index (χ0) is 19.0. The van der Waals surface area contributed by atoms with E-state index >= 15 is 0 Å². The number of ether oxygens (including phenoxy) is 1. The number of para-hydroxylation sites is 1. The molecule has 2 aliphatic rings. The molecular formula is C22H22N2O3. The molecule has 4 rings (SSSR count). The van der Waals surface area contributed by atoms with E-state index in [2.05, 4.69) is 5.32 Å². The number of nitrogens with zero attached hydrogens (tertiary/aromatic N) is 1. The molecule has 0 aliphatic carbocycles. The van der Waals surface area contributed by atoms with E-state index in [9.17, 15) is 9.59 Å². The predicted octanol–water partition coefficient (Wildman–Crippen LogP) is 3.40. The van der Waals surface area contributed by atoms with Gasteiger partial charge in [0.1, 0.15) is 17.9 Å². The van der Waals surface area contributed by atoms with Gasteiger partial charge in [0.15, 0.2) is 0 Å². The largest absolute Gasteiger partial charge is 0.486 e. The van der Waals surface area contributed by atoms with E-state index in [4.69, 9.17) is 4.74 Å². The normalized spacial score (nSPS) is 19.3. The Kier molecular flexibility index (Phi) is 4.44. The van der Waals surface area contributed by atoms with Gasteiger partial charge in [0, 0.05) is 29.8 Å². The van der Waals surface area contributed by atoms with Crippen LogP contribution in [0.2, 0.25) is 0 Å². The third kappa shape index (κ3) is 3.33. The number of anilines is 1. The SMILES string of the molecule is Cc1ccc(NC(=O)[C@H](C2=Cc3ccccc3O[C@@H]2C)N2CCC2=O)cc1. The highest BCUT2D eigenvalue weighted by Crippen LogP contribution is 2.34. The van der Waals surface area contributed by atoms with Crippen LogP contribution >= 0.6 is 0 Å². The molecule has 5 heteroatoms. The molecule has 2 aromatic carbocycles. The van der Waals surface area contributed by atoms with Gasteiger partial charge in [-0.05, 0) is 38.1 Å². The lowest BCUT2D eigenvalue weighted by Crippen LogP contribution is -2.57. The number of amides is 2. The van der Waals surface area contributed by atoms with Crippen molar-refractivity contribution in [3.8, 4) is 5.75 Å². The molecule has 1 fully saturated rings. The lowest BCUT2D eigenvalue weighted by molar-refractivity contribution is -0.146. The fourth-order valence-corrected chi connectivity index (χ4v) is 3.49. The van der Waals surface area contributed by atoms with Crippen molar-refractivity contribution < 1.29 is 14.3 Å². The molecule has 0 aromatic heterocycles. The van der Waals surface area contributed by atoms with Gasteiger partial charge in [-0.1, -0.05) is 35.9 Å². The summed E-state index contributed by atoms with van der Waals surface area (Å²) in [5, 5.41) is 2.95. The monoisotopic (exact) mass is 362 g/mol. The molecule has 2 amide bonds. The maximum atomic E-state index is 13.1. The highest BCUT2D eigenvalue weighted by Gasteiger charge is 2.41. The van der Waals surface area contributed by atoms with Crippen molar-refractivity contribution in [2.75, 3.05) is 11.9 Å². The Bertz CT molecular complexity index is 917. The van der Waals surface area contributed by atoms with Gasteiger partial charge in [0.25, 0.3) is 5.91 Å². The summed E-state index contributed by atoms with van der Waals surface area (Å²) in [5.74, 6) is 0.570. The lowest BCUT2D eigenvalue weighted by Gasteiger charge is -2.40. The minimum absolute atomic E-state index is 0.00832. The Balaban J connectivity index is 1.67. The van der Waals surface area contributed by atoms with Crippen LogP contribution in [0, 0.1) is 6.92 Å². The highest BCUT2D eigenvalue weighted by atomic mass is 16.5. The second-order valence-corrected chi connectivity index (χ2v) is 7.04. The van der Waals surface area contributed by atoms with E-state index in [1.165, 1.54) is 0 Å². The van der Waals surface area contributed by atoms with Gasteiger partial charge in [0.2, 0.25) is 5.91 Å². The first-order valence-electron chi connectivity index (χ1n) is 9.17. The fourth-order valence-electron chi connectivity index (χ4n) is 3.49. The third-order valence-corrected chi connectivity index (χ3v) is 5.10. The number of carbonyl (C=O) groups is 2. The molecule has 0 radical (unpaired) electrons. The van der Waals surface area contributed by atoms with E-state index in [0.717, 1.165) is 22.4 Å². The predicted molar refractivity (Wildman–Crippen MR) is 104 cm³/mol. The maximum absolute atomic E-state index is 13.1. The molecule has 0 spiro atoms. The van der Waals surface area contributed by atoms with Gasteiger partial charge < -0.3 is 15.0 Å². The summed E-state index contributed by atoms with van der Waals surface area (Å²) in [6.45, 7) is 4.49. The van der Waals surface area contributed by atoms with Crippen molar-refractivity contribution in [2.24, 2.45) is 0 Å². The van der Waals surface area contributed by atoms with Gasteiger partial charge in [-0.25, -0.2) is 0 Å². The Hall–Kier alpha value is -3.08. The molecule has 27 heavy (non-hydrogen) atoms. The number of benzene rings is 2. The van der Waals surface area contributed by atoms with Crippen LogP contribution in [0.15, 0.2) is 54.1 Å². The van der Waals surface area contributed by atoms with Gasteiger partial charge >= 0.3 is 0 Å². The van der Waals surface area contributed by atoms with E-state index in [-0.39, 0.29) is 17.9 Å². The van der Waals surface area contributed by atoms with Crippen LogP contribution in [0.1, 0.15) is 24.5 Å². The molecule has 5 nitrogen and oxygen atoms in total.